The lowest BCUT2D eigenvalue weighted by Crippen LogP contribution is -2.08. The maximum absolute atomic E-state index is 5.67. The lowest BCUT2D eigenvalue weighted by molar-refractivity contribution is 0.302. The van der Waals surface area contributed by atoms with Crippen molar-refractivity contribution in [2.45, 2.75) is 43.3 Å². The summed E-state index contributed by atoms with van der Waals surface area (Å²) in [7, 11) is 0. The topological polar surface area (TPSA) is 95.7 Å². The number of hydrogen-bond acceptors (Lipinski definition) is 7. The monoisotopic (exact) mass is 266 g/mol. The maximum atomic E-state index is 5.67. The van der Waals surface area contributed by atoms with Crippen LogP contribution in [0.1, 0.15) is 36.1 Å². The van der Waals surface area contributed by atoms with Crippen molar-refractivity contribution < 1.29 is 4.63 Å². The largest absolute Gasteiger partial charge is 0.324 e. The van der Waals surface area contributed by atoms with Crippen LogP contribution in [0.15, 0.2) is 9.79 Å². The minimum absolute atomic E-state index is 0.425. The molecule has 1 aliphatic carbocycles. The number of rotatable bonds is 5. The molecule has 1 fully saturated rings. The van der Waals surface area contributed by atoms with Gasteiger partial charge in [-0.15, -0.1) is 10.2 Å². The Morgan fingerprint density at radius 3 is 2.83 bits per heavy atom. The Bertz CT molecular complexity index is 546. The normalized spacial score (nSPS) is 15.2. The molecule has 1 saturated carbocycles. The van der Waals surface area contributed by atoms with Crippen molar-refractivity contribution in [3.63, 3.8) is 0 Å². The molecule has 0 aromatic carbocycles. The third-order valence-electron chi connectivity index (χ3n) is 2.91. The highest BCUT2D eigenvalue weighted by Gasteiger charge is 2.29. The van der Waals surface area contributed by atoms with Gasteiger partial charge < -0.3 is 10.3 Å². The first-order valence-corrected chi connectivity index (χ1v) is 6.83. The van der Waals surface area contributed by atoms with Gasteiger partial charge in [-0.1, -0.05) is 22.1 Å². The molecule has 0 saturated heterocycles. The molecule has 1 aliphatic rings. The average Bonchev–Trinajstić information content (AvgIpc) is 3.00. The predicted octanol–water partition coefficient (Wildman–Crippen LogP) is 1.06. The average molecular weight is 266 g/mol. The molecular weight excluding hydrogens is 252 g/mol. The van der Waals surface area contributed by atoms with E-state index in [0.717, 1.165) is 22.4 Å². The van der Waals surface area contributed by atoms with Crippen molar-refractivity contribution >= 4 is 11.8 Å². The summed E-state index contributed by atoms with van der Waals surface area (Å²) in [5.74, 6) is 1.54. The quantitative estimate of drug-likeness (QED) is 0.808. The van der Waals surface area contributed by atoms with Crippen LogP contribution in [-0.4, -0.2) is 25.1 Å². The smallest absolute Gasteiger partial charge is 0.191 e. The molecule has 2 heterocycles. The third-order valence-corrected chi connectivity index (χ3v) is 3.87. The molecule has 96 valence electrons. The first kappa shape index (κ1) is 11.7. The Labute approximate surface area is 108 Å². The van der Waals surface area contributed by atoms with Crippen LogP contribution in [0.3, 0.4) is 0 Å². The molecule has 2 aromatic heterocycles. The summed E-state index contributed by atoms with van der Waals surface area (Å²) in [6.45, 7) is 2.30. The van der Waals surface area contributed by atoms with Crippen LogP contribution in [-0.2, 0) is 12.3 Å². The highest BCUT2D eigenvalue weighted by Crippen LogP contribution is 2.39. The lowest BCUT2D eigenvalue weighted by Gasteiger charge is -2.06. The van der Waals surface area contributed by atoms with Crippen LogP contribution in [0.4, 0.5) is 0 Å². The summed E-state index contributed by atoms with van der Waals surface area (Å²) in [5.41, 5.74) is 7.34. The Hall–Kier alpha value is -1.41. The van der Waals surface area contributed by atoms with E-state index >= 15 is 0 Å². The SMILES string of the molecule is Cc1nonc1CSc1nnc(CN)n1C1CC1. The number of aryl methyl sites for hydroxylation is 1. The molecule has 0 atom stereocenters. The molecule has 18 heavy (non-hydrogen) atoms. The van der Waals surface area contributed by atoms with Gasteiger partial charge in [-0.3, -0.25) is 0 Å². The van der Waals surface area contributed by atoms with Crippen LogP contribution in [0.25, 0.3) is 0 Å². The second-order valence-corrected chi connectivity index (χ2v) is 5.23. The molecule has 2 aromatic rings. The summed E-state index contributed by atoms with van der Waals surface area (Å²) in [4.78, 5) is 0. The Morgan fingerprint density at radius 2 is 2.22 bits per heavy atom. The number of hydrogen-bond donors (Lipinski definition) is 1. The van der Waals surface area contributed by atoms with E-state index in [9.17, 15) is 0 Å². The first-order valence-electron chi connectivity index (χ1n) is 5.84. The van der Waals surface area contributed by atoms with E-state index in [-0.39, 0.29) is 0 Å². The fourth-order valence-electron chi connectivity index (χ4n) is 1.76. The molecule has 0 spiro atoms. The van der Waals surface area contributed by atoms with E-state index in [2.05, 4.69) is 29.7 Å². The fourth-order valence-corrected chi connectivity index (χ4v) is 2.78. The van der Waals surface area contributed by atoms with Crippen molar-refractivity contribution in [1.29, 1.82) is 0 Å². The molecule has 0 aliphatic heterocycles. The van der Waals surface area contributed by atoms with Crippen molar-refractivity contribution in [1.82, 2.24) is 25.1 Å². The minimum Gasteiger partial charge on any atom is -0.324 e. The number of nitrogens with zero attached hydrogens (tertiary/aromatic N) is 5. The van der Waals surface area contributed by atoms with Crippen LogP contribution in [0.2, 0.25) is 0 Å². The number of aromatic nitrogens is 5. The van der Waals surface area contributed by atoms with E-state index in [1.54, 1.807) is 11.8 Å². The summed E-state index contributed by atoms with van der Waals surface area (Å²) in [5, 5.41) is 16.8. The molecular formula is C10H14N6OS. The van der Waals surface area contributed by atoms with Crippen LogP contribution < -0.4 is 5.73 Å². The Kier molecular flexibility index (Phi) is 3.04. The van der Waals surface area contributed by atoms with Gasteiger partial charge >= 0.3 is 0 Å². The van der Waals surface area contributed by atoms with Gasteiger partial charge in [0.05, 0.1) is 6.54 Å². The van der Waals surface area contributed by atoms with E-state index in [0.29, 0.717) is 18.3 Å². The summed E-state index contributed by atoms with van der Waals surface area (Å²) in [6, 6.07) is 0.526. The maximum Gasteiger partial charge on any atom is 0.191 e. The van der Waals surface area contributed by atoms with Crippen LogP contribution >= 0.6 is 11.8 Å². The molecule has 0 unspecified atom stereocenters. The van der Waals surface area contributed by atoms with Gasteiger partial charge in [0, 0.05) is 11.8 Å². The minimum atomic E-state index is 0.425. The van der Waals surface area contributed by atoms with Gasteiger partial charge in [-0.2, -0.15) is 0 Å². The lowest BCUT2D eigenvalue weighted by atomic mass is 10.4. The van der Waals surface area contributed by atoms with Crippen LogP contribution in [0.5, 0.6) is 0 Å². The van der Waals surface area contributed by atoms with Gasteiger partial charge in [0.25, 0.3) is 0 Å². The third kappa shape index (κ3) is 2.13. The highest BCUT2D eigenvalue weighted by atomic mass is 32.2. The highest BCUT2D eigenvalue weighted by molar-refractivity contribution is 7.98. The second kappa shape index (κ2) is 4.69. The standard InChI is InChI=1S/C10H14N6OS/c1-6-8(15-17-14-6)5-18-10-13-12-9(4-11)16(10)7-2-3-7/h7H,2-5,11H2,1H3. The van der Waals surface area contributed by atoms with Crippen LogP contribution in [0, 0.1) is 6.92 Å². The number of thioether (sulfide) groups is 1. The fraction of sp³-hybridized carbons (Fsp3) is 0.600. The van der Waals surface area contributed by atoms with Gasteiger partial charge in [-0.25, -0.2) is 4.63 Å². The zero-order valence-corrected chi connectivity index (χ0v) is 10.9. The van der Waals surface area contributed by atoms with Gasteiger partial charge in [-0.05, 0) is 19.8 Å². The van der Waals surface area contributed by atoms with Gasteiger partial charge in [0.2, 0.25) is 0 Å². The zero-order valence-electron chi connectivity index (χ0n) is 10.0. The van der Waals surface area contributed by atoms with E-state index in [1.165, 1.54) is 12.8 Å². The molecule has 0 bridgehead atoms. The van der Waals surface area contributed by atoms with E-state index in [1.807, 2.05) is 6.92 Å². The molecule has 0 radical (unpaired) electrons. The van der Waals surface area contributed by atoms with E-state index < -0.39 is 0 Å². The molecule has 3 rings (SSSR count). The van der Waals surface area contributed by atoms with E-state index in [4.69, 9.17) is 5.73 Å². The van der Waals surface area contributed by atoms with Gasteiger partial charge in [0.15, 0.2) is 5.16 Å². The predicted molar refractivity (Wildman–Crippen MR) is 64.8 cm³/mol. The second-order valence-electron chi connectivity index (χ2n) is 4.29. The molecule has 0 amide bonds. The van der Waals surface area contributed by atoms with Crippen molar-refractivity contribution in [2.24, 2.45) is 5.73 Å². The van der Waals surface area contributed by atoms with Crippen molar-refractivity contribution in [3.8, 4) is 0 Å². The molecule has 7 nitrogen and oxygen atoms in total. The summed E-state index contributed by atoms with van der Waals surface area (Å²) >= 11 is 1.59. The summed E-state index contributed by atoms with van der Waals surface area (Å²) in [6.07, 6.45) is 2.37. The molecule has 8 heteroatoms. The van der Waals surface area contributed by atoms with Crippen molar-refractivity contribution in [3.05, 3.63) is 17.2 Å². The zero-order chi connectivity index (χ0) is 12.5. The summed E-state index contributed by atoms with van der Waals surface area (Å²) < 4.78 is 6.82. The Balaban J connectivity index is 1.76. The Morgan fingerprint density at radius 1 is 1.39 bits per heavy atom. The van der Waals surface area contributed by atoms with Gasteiger partial charge in [0.1, 0.15) is 17.2 Å². The first-order chi connectivity index (χ1) is 8.79. The number of nitrogens with two attached hydrogens (primary N) is 1. The molecule has 2 N–H and O–H groups in total. The van der Waals surface area contributed by atoms with Crippen molar-refractivity contribution in [2.75, 3.05) is 0 Å².